The summed E-state index contributed by atoms with van der Waals surface area (Å²) in [5.74, 6) is 0. The second-order valence-corrected chi connectivity index (χ2v) is 0.283. The summed E-state index contributed by atoms with van der Waals surface area (Å²) >= 11 is 0. The van der Waals surface area contributed by atoms with E-state index in [4.69, 9.17) is 15.0 Å². The number of carboxylic acid groups (broad SMARTS) is 2. The minimum atomic E-state index is -1.83. The molecule has 0 spiro atoms. The maximum absolute atomic E-state index is 8.56. The Morgan fingerprint density at radius 2 is 1.14 bits per heavy atom. The second-order valence-electron chi connectivity index (χ2n) is 0.283. The van der Waals surface area contributed by atoms with Crippen molar-refractivity contribution in [3.05, 3.63) is 0 Å². The normalized spacial score (nSPS) is 3.43. The zero-order valence-electron chi connectivity index (χ0n) is 2.21. The number of hydrogen-bond donors (Lipinski definition) is 2. The third-order valence-corrected chi connectivity index (χ3v) is 0. The summed E-state index contributed by atoms with van der Waals surface area (Å²) in [6.07, 6.45) is -1.83. The Bertz CT molecular complexity index is 35.9. The van der Waals surface area contributed by atoms with E-state index >= 15 is 0 Å². The Morgan fingerprint density at radius 1 is 1.14 bits per heavy atom. The van der Waals surface area contributed by atoms with Crippen molar-refractivity contribution in [2.75, 3.05) is 0 Å². The van der Waals surface area contributed by atoms with Gasteiger partial charge in [0.25, 0.3) is 0 Å². The van der Waals surface area contributed by atoms with Crippen LogP contribution in [0.1, 0.15) is 0 Å². The van der Waals surface area contributed by atoms with E-state index in [1.54, 1.807) is 0 Å². The van der Waals surface area contributed by atoms with Gasteiger partial charge in [-0.25, -0.2) is 4.79 Å². The molecule has 7 heavy (non-hydrogen) atoms. The van der Waals surface area contributed by atoms with Gasteiger partial charge in [-0.3, -0.25) is 0 Å². The Balaban J connectivity index is -0.0000000150. The van der Waals surface area contributed by atoms with Gasteiger partial charge in [-0.2, -0.15) is 0 Å². The first-order valence-corrected chi connectivity index (χ1v) is 0.651. The van der Waals surface area contributed by atoms with Crippen molar-refractivity contribution in [3.8, 4) is 0 Å². The average molecular weight is 270 g/mol. The van der Waals surface area contributed by atoms with Gasteiger partial charge in [0, 0.05) is 0 Å². The summed E-state index contributed by atoms with van der Waals surface area (Å²) in [4.78, 5) is 8.56. The van der Waals surface area contributed by atoms with Crippen molar-refractivity contribution in [1.82, 2.24) is 0 Å². The van der Waals surface area contributed by atoms with Gasteiger partial charge in [-0.05, 0) is 0 Å². The van der Waals surface area contributed by atoms with E-state index < -0.39 is 6.16 Å². The van der Waals surface area contributed by atoms with Crippen molar-refractivity contribution in [1.29, 1.82) is 0 Å². The molecule has 36 valence electrons. The van der Waals surface area contributed by atoms with Crippen LogP contribution in [0.15, 0.2) is 0 Å². The van der Waals surface area contributed by atoms with Gasteiger partial charge < -0.3 is 10.2 Å². The van der Waals surface area contributed by atoms with Crippen LogP contribution in [-0.4, -0.2) is 119 Å². The van der Waals surface area contributed by atoms with E-state index in [9.17, 15) is 0 Å². The standard InChI is InChI=1S/CH2O3.HI.2K.2H/c2-1(3)4;;;;;/h(H2,2,3,4);1H;;;;. The van der Waals surface area contributed by atoms with E-state index in [0.717, 1.165) is 0 Å². The van der Waals surface area contributed by atoms with Crippen LogP contribution in [0.5, 0.6) is 0 Å². The number of hydrogen-bond acceptors (Lipinski definition) is 1. The molecule has 3 nitrogen and oxygen atoms in total. The summed E-state index contributed by atoms with van der Waals surface area (Å²) in [6, 6.07) is 0. The number of rotatable bonds is 0. The number of carbonyl (C=O) groups is 1. The first-order chi connectivity index (χ1) is 1.73. The molecule has 0 aliphatic carbocycles. The van der Waals surface area contributed by atoms with Crippen LogP contribution in [0.25, 0.3) is 0 Å². The molecule has 0 saturated heterocycles. The Kier molecular flexibility index (Phi) is 51.7. The molecule has 0 rings (SSSR count). The molecule has 0 aromatic rings. The molecule has 0 radical (unpaired) electrons. The molecule has 0 aliphatic heterocycles. The molecular weight excluding hydrogens is 265 g/mol. The van der Waals surface area contributed by atoms with E-state index in [1.165, 1.54) is 0 Å². The second kappa shape index (κ2) is 16.1. The Hall–Kier alpha value is 3.27. The van der Waals surface area contributed by atoms with E-state index in [0.29, 0.717) is 0 Å². The summed E-state index contributed by atoms with van der Waals surface area (Å²) in [5, 5.41) is 13.9. The van der Waals surface area contributed by atoms with Gasteiger partial charge in [-0.1, -0.05) is 0 Å². The van der Waals surface area contributed by atoms with Crippen molar-refractivity contribution in [2.45, 2.75) is 0 Å². The summed E-state index contributed by atoms with van der Waals surface area (Å²) in [5.41, 5.74) is 0. The third kappa shape index (κ3) is 45.8. The van der Waals surface area contributed by atoms with Crippen molar-refractivity contribution < 1.29 is 15.0 Å². The maximum atomic E-state index is 8.56. The Morgan fingerprint density at radius 3 is 1.14 bits per heavy atom. The van der Waals surface area contributed by atoms with E-state index in [2.05, 4.69) is 0 Å². The summed E-state index contributed by atoms with van der Waals surface area (Å²) < 4.78 is 0. The van der Waals surface area contributed by atoms with Crippen LogP contribution in [-0.2, 0) is 0 Å². The van der Waals surface area contributed by atoms with Crippen LogP contribution in [0.3, 0.4) is 0 Å². The molecule has 0 unspecified atom stereocenters. The third-order valence-electron chi connectivity index (χ3n) is 0. The molecule has 0 bridgehead atoms. The summed E-state index contributed by atoms with van der Waals surface area (Å²) in [7, 11) is 0. The van der Waals surface area contributed by atoms with Crippen LogP contribution >= 0.6 is 24.0 Å². The van der Waals surface area contributed by atoms with Crippen molar-refractivity contribution in [3.63, 3.8) is 0 Å². The quantitative estimate of drug-likeness (QED) is 0.463. The van der Waals surface area contributed by atoms with Crippen LogP contribution in [0.2, 0.25) is 0 Å². The molecular formula is CH5IK2O3. The predicted octanol–water partition coefficient (Wildman–Crippen LogP) is -0.457. The van der Waals surface area contributed by atoms with Gasteiger partial charge in [-0.15, -0.1) is 24.0 Å². The fraction of sp³-hybridized carbons (Fsp3) is 0. The predicted molar refractivity (Wildman–Crippen MR) is 40.4 cm³/mol. The van der Waals surface area contributed by atoms with Crippen molar-refractivity contribution >= 4 is 133 Å². The molecule has 0 amide bonds. The molecule has 0 aromatic heterocycles. The first-order valence-electron chi connectivity index (χ1n) is 0.651. The number of halogens is 1. The van der Waals surface area contributed by atoms with Gasteiger partial charge >= 0.3 is 109 Å². The van der Waals surface area contributed by atoms with Gasteiger partial charge in [0.05, 0.1) is 0 Å². The molecule has 0 aliphatic rings. The summed E-state index contributed by atoms with van der Waals surface area (Å²) in [6.45, 7) is 0. The monoisotopic (exact) mass is 270 g/mol. The van der Waals surface area contributed by atoms with Crippen LogP contribution in [0.4, 0.5) is 4.79 Å². The molecule has 0 aromatic carbocycles. The zero-order chi connectivity index (χ0) is 3.58. The molecule has 2 N–H and O–H groups in total. The SMILES string of the molecule is I.O=C(O)O.[KH].[KH]. The van der Waals surface area contributed by atoms with Gasteiger partial charge in [0.1, 0.15) is 0 Å². The minimum absolute atomic E-state index is 0. The zero-order valence-corrected chi connectivity index (χ0v) is 4.54. The molecule has 0 fully saturated rings. The molecule has 0 atom stereocenters. The average Bonchev–Trinajstić information content (AvgIpc) is 0.811. The molecule has 0 saturated carbocycles. The van der Waals surface area contributed by atoms with E-state index in [-0.39, 0.29) is 127 Å². The van der Waals surface area contributed by atoms with Crippen LogP contribution in [0, 0.1) is 0 Å². The van der Waals surface area contributed by atoms with Crippen LogP contribution < -0.4 is 0 Å². The molecule has 0 heterocycles. The first kappa shape index (κ1) is 22.4. The van der Waals surface area contributed by atoms with Gasteiger partial charge in [0.2, 0.25) is 0 Å². The molecule has 6 heteroatoms. The topological polar surface area (TPSA) is 57.5 Å². The van der Waals surface area contributed by atoms with Crippen molar-refractivity contribution in [2.24, 2.45) is 0 Å². The fourth-order valence-corrected chi connectivity index (χ4v) is 0. The van der Waals surface area contributed by atoms with Gasteiger partial charge in [0.15, 0.2) is 0 Å². The van der Waals surface area contributed by atoms with E-state index in [1.807, 2.05) is 0 Å². The Labute approximate surface area is 143 Å². The fourth-order valence-electron chi connectivity index (χ4n) is 0.